The van der Waals surface area contributed by atoms with Gasteiger partial charge in [-0.3, -0.25) is 10.1 Å². The lowest BCUT2D eigenvalue weighted by Gasteiger charge is -2.27. The second kappa shape index (κ2) is 4.91. The van der Waals surface area contributed by atoms with E-state index in [9.17, 15) is 22.8 Å². The van der Waals surface area contributed by atoms with Gasteiger partial charge in [-0.1, -0.05) is 18.2 Å². The van der Waals surface area contributed by atoms with E-state index >= 15 is 0 Å². The van der Waals surface area contributed by atoms with Crippen LogP contribution in [0.2, 0.25) is 0 Å². The fraction of sp³-hybridized carbons (Fsp3) is 0.333. The lowest BCUT2D eigenvalue weighted by Crippen LogP contribution is -2.49. The minimum atomic E-state index is -4.46. The van der Waals surface area contributed by atoms with Crippen LogP contribution in [-0.2, 0) is 17.5 Å². The van der Waals surface area contributed by atoms with Gasteiger partial charge in [-0.25, -0.2) is 4.79 Å². The molecule has 0 aromatic heterocycles. The summed E-state index contributed by atoms with van der Waals surface area (Å²) in [4.78, 5) is 23.6. The first-order valence-electron chi connectivity index (χ1n) is 5.62. The third kappa shape index (κ3) is 3.04. The number of imide groups is 1. The van der Waals surface area contributed by atoms with Gasteiger partial charge >= 0.3 is 12.2 Å². The van der Waals surface area contributed by atoms with Crippen LogP contribution in [0.15, 0.2) is 24.3 Å². The van der Waals surface area contributed by atoms with Crippen molar-refractivity contribution >= 4 is 11.9 Å². The normalized spacial score (nSPS) is 16.5. The summed E-state index contributed by atoms with van der Waals surface area (Å²) in [6.07, 6.45) is -4.36. The van der Waals surface area contributed by atoms with Crippen LogP contribution in [0.3, 0.4) is 0 Å². The number of urea groups is 1. The standard InChI is InChI=1S/C12H11F3N2O2/c13-12(14,15)9-4-2-1-3-8(9)7-17-6-5-10(18)16-11(17)19/h1-4H,5-7H2,(H,16,18,19). The predicted octanol–water partition coefficient (Wildman–Crippen LogP) is 2.15. The molecule has 19 heavy (non-hydrogen) atoms. The molecule has 2 rings (SSSR count). The summed E-state index contributed by atoms with van der Waals surface area (Å²) < 4.78 is 38.4. The number of nitrogens with zero attached hydrogens (tertiary/aromatic N) is 1. The van der Waals surface area contributed by atoms with E-state index in [-0.39, 0.29) is 25.1 Å². The van der Waals surface area contributed by atoms with Crippen molar-refractivity contribution in [3.8, 4) is 0 Å². The number of carbonyl (C=O) groups is 2. The van der Waals surface area contributed by atoms with Gasteiger partial charge in [0, 0.05) is 19.5 Å². The van der Waals surface area contributed by atoms with Gasteiger partial charge < -0.3 is 4.90 Å². The first-order chi connectivity index (χ1) is 8.88. The van der Waals surface area contributed by atoms with E-state index < -0.39 is 23.7 Å². The third-order valence-electron chi connectivity index (χ3n) is 2.83. The van der Waals surface area contributed by atoms with Crippen LogP contribution < -0.4 is 5.32 Å². The van der Waals surface area contributed by atoms with Crippen LogP contribution in [0.1, 0.15) is 17.5 Å². The van der Waals surface area contributed by atoms with E-state index in [4.69, 9.17) is 0 Å². The molecule has 0 radical (unpaired) electrons. The van der Waals surface area contributed by atoms with Gasteiger partial charge in [0.2, 0.25) is 5.91 Å². The lowest BCUT2D eigenvalue weighted by molar-refractivity contribution is -0.138. The van der Waals surface area contributed by atoms with Crippen LogP contribution in [0.5, 0.6) is 0 Å². The number of amides is 3. The molecule has 1 aromatic rings. The summed E-state index contributed by atoms with van der Waals surface area (Å²) in [5, 5.41) is 2.07. The van der Waals surface area contributed by atoms with Crippen LogP contribution in [0.4, 0.5) is 18.0 Å². The molecule has 0 aliphatic carbocycles. The van der Waals surface area contributed by atoms with Crippen molar-refractivity contribution in [2.45, 2.75) is 19.1 Å². The van der Waals surface area contributed by atoms with E-state index in [0.717, 1.165) is 6.07 Å². The number of halogens is 3. The molecular weight excluding hydrogens is 261 g/mol. The molecule has 1 fully saturated rings. The highest BCUT2D eigenvalue weighted by Gasteiger charge is 2.34. The molecule has 0 unspecified atom stereocenters. The first-order valence-corrected chi connectivity index (χ1v) is 5.62. The molecule has 102 valence electrons. The molecule has 1 aromatic carbocycles. The number of hydrogen-bond donors (Lipinski definition) is 1. The molecule has 7 heteroatoms. The van der Waals surface area contributed by atoms with Crippen molar-refractivity contribution < 1.29 is 22.8 Å². The maximum Gasteiger partial charge on any atom is 0.416 e. The van der Waals surface area contributed by atoms with E-state index in [2.05, 4.69) is 5.32 Å². The van der Waals surface area contributed by atoms with Crippen LogP contribution in [-0.4, -0.2) is 23.4 Å². The number of alkyl halides is 3. The molecule has 1 heterocycles. The van der Waals surface area contributed by atoms with Gasteiger partial charge in [0.25, 0.3) is 0 Å². The molecule has 0 bridgehead atoms. The summed E-state index contributed by atoms with van der Waals surface area (Å²) in [6, 6.07) is 4.42. The Kier molecular flexibility index (Phi) is 3.46. The molecule has 1 N–H and O–H groups in total. The summed E-state index contributed by atoms with van der Waals surface area (Å²) in [7, 11) is 0. The molecule has 3 amide bonds. The Bertz CT molecular complexity index is 514. The highest BCUT2D eigenvalue weighted by Crippen LogP contribution is 2.32. The molecule has 1 aliphatic heterocycles. The highest BCUT2D eigenvalue weighted by atomic mass is 19.4. The van der Waals surface area contributed by atoms with Crippen molar-refractivity contribution in [2.24, 2.45) is 0 Å². The van der Waals surface area contributed by atoms with Crippen molar-refractivity contribution in [1.29, 1.82) is 0 Å². The average molecular weight is 272 g/mol. The van der Waals surface area contributed by atoms with Crippen molar-refractivity contribution in [2.75, 3.05) is 6.54 Å². The van der Waals surface area contributed by atoms with Crippen molar-refractivity contribution in [3.05, 3.63) is 35.4 Å². The Hall–Kier alpha value is -2.05. The Morgan fingerprint density at radius 2 is 1.89 bits per heavy atom. The fourth-order valence-corrected chi connectivity index (χ4v) is 1.89. The highest BCUT2D eigenvalue weighted by molar-refractivity contribution is 5.96. The zero-order valence-electron chi connectivity index (χ0n) is 9.83. The molecule has 4 nitrogen and oxygen atoms in total. The largest absolute Gasteiger partial charge is 0.416 e. The van der Waals surface area contributed by atoms with Gasteiger partial charge in [0.15, 0.2) is 0 Å². The third-order valence-corrected chi connectivity index (χ3v) is 2.83. The smallest absolute Gasteiger partial charge is 0.320 e. The quantitative estimate of drug-likeness (QED) is 0.896. The first kappa shape index (κ1) is 13.4. The zero-order chi connectivity index (χ0) is 14.0. The Labute approximate surface area is 107 Å². The number of nitrogens with one attached hydrogen (secondary N) is 1. The van der Waals surface area contributed by atoms with Gasteiger partial charge in [-0.05, 0) is 11.6 Å². The lowest BCUT2D eigenvalue weighted by atomic mass is 10.1. The summed E-state index contributed by atoms with van der Waals surface area (Å²) in [5.74, 6) is -0.412. The van der Waals surface area contributed by atoms with Crippen molar-refractivity contribution in [1.82, 2.24) is 10.2 Å². The van der Waals surface area contributed by atoms with E-state index in [1.54, 1.807) is 0 Å². The van der Waals surface area contributed by atoms with E-state index in [0.29, 0.717) is 0 Å². The summed E-state index contributed by atoms with van der Waals surface area (Å²) in [6.45, 7) is -0.0499. The van der Waals surface area contributed by atoms with Gasteiger partial charge in [0.05, 0.1) is 5.56 Å². The van der Waals surface area contributed by atoms with Crippen LogP contribution >= 0.6 is 0 Å². The molecule has 1 saturated heterocycles. The molecular formula is C12H11F3N2O2. The maximum atomic E-state index is 12.8. The van der Waals surface area contributed by atoms with Crippen molar-refractivity contribution in [3.63, 3.8) is 0 Å². The summed E-state index contributed by atoms with van der Waals surface area (Å²) in [5.41, 5.74) is -0.751. The SMILES string of the molecule is O=C1CCN(Cc2ccccc2C(F)(F)F)C(=O)N1. The minimum absolute atomic E-state index is 0.0134. The molecule has 1 aliphatic rings. The minimum Gasteiger partial charge on any atom is -0.320 e. The number of rotatable bonds is 2. The van der Waals surface area contributed by atoms with E-state index in [1.807, 2.05) is 0 Å². The fourth-order valence-electron chi connectivity index (χ4n) is 1.89. The molecule has 0 atom stereocenters. The predicted molar refractivity (Wildman–Crippen MR) is 60.0 cm³/mol. The second-order valence-electron chi connectivity index (χ2n) is 4.18. The van der Waals surface area contributed by atoms with Gasteiger partial charge in [-0.2, -0.15) is 13.2 Å². The Morgan fingerprint density at radius 3 is 2.53 bits per heavy atom. The van der Waals surface area contributed by atoms with E-state index in [1.165, 1.54) is 23.1 Å². The number of benzene rings is 1. The van der Waals surface area contributed by atoms with Crippen LogP contribution in [0.25, 0.3) is 0 Å². The second-order valence-corrected chi connectivity index (χ2v) is 4.18. The topological polar surface area (TPSA) is 49.4 Å². The van der Waals surface area contributed by atoms with Gasteiger partial charge in [0.1, 0.15) is 0 Å². The summed E-state index contributed by atoms with van der Waals surface area (Å²) >= 11 is 0. The average Bonchev–Trinajstić information content (AvgIpc) is 2.32. The molecule has 0 saturated carbocycles. The number of carbonyl (C=O) groups excluding carboxylic acids is 2. The maximum absolute atomic E-state index is 12.8. The van der Waals surface area contributed by atoms with Gasteiger partial charge in [-0.15, -0.1) is 0 Å². The monoisotopic (exact) mass is 272 g/mol. The Morgan fingerprint density at radius 1 is 1.21 bits per heavy atom. The number of hydrogen-bond acceptors (Lipinski definition) is 2. The zero-order valence-corrected chi connectivity index (χ0v) is 9.83. The Balaban J connectivity index is 2.20. The molecule has 0 spiro atoms. The van der Waals surface area contributed by atoms with Crippen LogP contribution in [0, 0.1) is 0 Å².